The van der Waals surface area contributed by atoms with Crippen LogP contribution in [0, 0.1) is 5.82 Å². The zero-order chi connectivity index (χ0) is 10.6. The van der Waals surface area contributed by atoms with Crippen molar-refractivity contribution in [2.24, 2.45) is 0 Å². The molecule has 0 saturated carbocycles. The van der Waals surface area contributed by atoms with Crippen molar-refractivity contribution < 1.29 is 4.39 Å². The highest BCUT2D eigenvalue weighted by molar-refractivity contribution is 5.47. The zero-order valence-corrected chi connectivity index (χ0v) is 8.97. The third kappa shape index (κ3) is 2.70. The number of nitrogens with one attached hydrogen (secondary N) is 1. The summed E-state index contributed by atoms with van der Waals surface area (Å²) in [6.07, 6.45) is 0. The maximum atomic E-state index is 13.5. The molecule has 0 heterocycles. The van der Waals surface area contributed by atoms with Crippen LogP contribution >= 0.6 is 0 Å². The Labute approximate surface area is 84.7 Å². The van der Waals surface area contributed by atoms with Gasteiger partial charge in [-0.15, -0.1) is 0 Å². The SMILES string of the molecule is CCNCc1ccc(N(C)C)c(F)c1. The standard InChI is InChI=1S/C11H17FN2/c1-4-13-8-9-5-6-11(14(2)3)10(12)7-9/h5-7,13H,4,8H2,1-3H3. The third-order valence-corrected chi connectivity index (χ3v) is 2.07. The lowest BCUT2D eigenvalue weighted by Gasteiger charge is -2.14. The Kier molecular flexibility index (Phi) is 3.89. The van der Waals surface area contributed by atoms with E-state index in [1.807, 2.05) is 33.2 Å². The second-order valence-electron chi connectivity index (χ2n) is 3.46. The van der Waals surface area contributed by atoms with E-state index in [1.165, 1.54) is 0 Å². The fourth-order valence-corrected chi connectivity index (χ4v) is 1.29. The molecule has 0 saturated heterocycles. The second-order valence-corrected chi connectivity index (χ2v) is 3.46. The largest absolute Gasteiger partial charge is 0.375 e. The minimum absolute atomic E-state index is 0.162. The van der Waals surface area contributed by atoms with E-state index >= 15 is 0 Å². The monoisotopic (exact) mass is 196 g/mol. The summed E-state index contributed by atoms with van der Waals surface area (Å²) in [5.74, 6) is -0.162. The van der Waals surface area contributed by atoms with Crippen molar-refractivity contribution in [2.75, 3.05) is 25.5 Å². The first kappa shape index (κ1) is 11.0. The third-order valence-electron chi connectivity index (χ3n) is 2.07. The number of anilines is 1. The molecule has 2 nitrogen and oxygen atoms in total. The van der Waals surface area contributed by atoms with Crippen LogP contribution in [0.15, 0.2) is 18.2 Å². The van der Waals surface area contributed by atoms with Gasteiger partial charge >= 0.3 is 0 Å². The summed E-state index contributed by atoms with van der Waals surface area (Å²) in [6.45, 7) is 3.66. The molecule has 1 N–H and O–H groups in total. The molecule has 0 aromatic heterocycles. The Hall–Kier alpha value is -1.09. The summed E-state index contributed by atoms with van der Waals surface area (Å²) in [7, 11) is 3.67. The summed E-state index contributed by atoms with van der Waals surface area (Å²) in [5.41, 5.74) is 1.61. The van der Waals surface area contributed by atoms with Crippen LogP contribution in [0.3, 0.4) is 0 Å². The van der Waals surface area contributed by atoms with Gasteiger partial charge in [0.15, 0.2) is 0 Å². The Morgan fingerprint density at radius 2 is 2.07 bits per heavy atom. The van der Waals surface area contributed by atoms with Gasteiger partial charge in [-0.2, -0.15) is 0 Å². The lowest BCUT2D eigenvalue weighted by atomic mass is 10.2. The molecular formula is C11H17FN2. The highest BCUT2D eigenvalue weighted by Gasteiger charge is 2.04. The number of rotatable bonds is 4. The van der Waals surface area contributed by atoms with Crippen LogP contribution in [0.5, 0.6) is 0 Å². The molecule has 78 valence electrons. The lowest BCUT2D eigenvalue weighted by molar-refractivity contribution is 0.620. The molecular weight excluding hydrogens is 179 g/mol. The van der Waals surface area contributed by atoms with Crippen molar-refractivity contribution in [3.05, 3.63) is 29.6 Å². The van der Waals surface area contributed by atoms with Crippen LogP contribution in [0.4, 0.5) is 10.1 Å². The Bertz CT molecular complexity index is 297. The molecule has 1 rings (SSSR count). The molecule has 0 amide bonds. The molecule has 1 aromatic rings. The van der Waals surface area contributed by atoms with Crippen LogP contribution in [0.2, 0.25) is 0 Å². The summed E-state index contributed by atoms with van der Waals surface area (Å²) >= 11 is 0. The number of halogens is 1. The Morgan fingerprint density at radius 3 is 2.57 bits per heavy atom. The van der Waals surface area contributed by atoms with Gasteiger partial charge in [0.1, 0.15) is 5.82 Å². The van der Waals surface area contributed by atoms with Crippen LogP contribution in [0.1, 0.15) is 12.5 Å². The Morgan fingerprint density at radius 1 is 1.36 bits per heavy atom. The first-order valence-corrected chi connectivity index (χ1v) is 4.81. The molecule has 0 bridgehead atoms. The van der Waals surface area contributed by atoms with Crippen molar-refractivity contribution in [3.8, 4) is 0 Å². The fraction of sp³-hybridized carbons (Fsp3) is 0.455. The van der Waals surface area contributed by atoms with E-state index in [-0.39, 0.29) is 5.82 Å². The van der Waals surface area contributed by atoms with Gasteiger partial charge in [-0.25, -0.2) is 4.39 Å². The highest BCUT2D eigenvalue weighted by atomic mass is 19.1. The molecule has 0 spiro atoms. The summed E-state index contributed by atoms with van der Waals surface area (Å²) < 4.78 is 13.5. The molecule has 3 heteroatoms. The van der Waals surface area contributed by atoms with Crippen molar-refractivity contribution in [2.45, 2.75) is 13.5 Å². The van der Waals surface area contributed by atoms with E-state index in [0.717, 1.165) is 18.7 Å². The molecule has 0 unspecified atom stereocenters. The topological polar surface area (TPSA) is 15.3 Å². The van der Waals surface area contributed by atoms with E-state index in [2.05, 4.69) is 5.32 Å². The van der Waals surface area contributed by atoms with Crippen LogP contribution < -0.4 is 10.2 Å². The zero-order valence-electron chi connectivity index (χ0n) is 8.97. The van der Waals surface area contributed by atoms with Crippen molar-refractivity contribution >= 4 is 5.69 Å². The molecule has 0 aliphatic carbocycles. The van der Waals surface area contributed by atoms with Gasteiger partial charge < -0.3 is 10.2 Å². The molecule has 0 atom stereocenters. The van der Waals surface area contributed by atoms with Gasteiger partial charge in [0, 0.05) is 20.6 Å². The van der Waals surface area contributed by atoms with Gasteiger partial charge in [0.25, 0.3) is 0 Å². The summed E-state index contributed by atoms with van der Waals surface area (Å²) in [6, 6.07) is 5.33. The van der Waals surface area contributed by atoms with Gasteiger partial charge in [-0.05, 0) is 24.2 Å². The predicted molar refractivity (Wildman–Crippen MR) is 58.1 cm³/mol. The average molecular weight is 196 g/mol. The van der Waals surface area contributed by atoms with E-state index < -0.39 is 0 Å². The van der Waals surface area contributed by atoms with Crippen LogP contribution in [-0.4, -0.2) is 20.6 Å². The lowest BCUT2D eigenvalue weighted by Crippen LogP contribution is -2.14. The Balaban J connectivity index is 2.78. The van der Waals surface area contributed by atoms with Crippen LogP contribution in [-0.2, 0) is 6.54 Å². The fourth-order valence-electron chi connectivity index (χ4n) is 1.29. The van der Waals surface area contributed by atoms with Crippen molar-refractivity contribution in [1.82, 2.24) is 5.32 Å². The van der Waals surface area contributed by atoms with Gasteiger partial charge in [0.2, 0.25) is 0 Å². The normalized spacial score (nSPS) is 10.3. The maximum Gasteiger partial charge on any atom is 0.146 e. The van der Waals surface area contributed by atoms with Crippen molar-refractivity contribution in [1.29, 1.82) is 0 Å². The van der Waals surface area contributed by atoms with Crippen molar-refractivity contribution in [3.63, 3.8) is 0 Å². The first-order chi connectivity index (χ1) is 6.65. The van der Waals surface area contributed by atoms with Gasteiger partial charge in [0.05, 0.1) is 5.69 Å². The summed E-state index contributed by atoms with van der Waals surface area (Å²) in [5, 5.41) is 3.16. The van der Waals surface area contributed by atoms with Gasteiger partial charge in [-0.1, -0.05) is 13.0 Å². The molecule has 0 radical (unpaired) electrons. The maximum absolute atomic E-state index is 13.5. The molecule has 1 aromatic carbocycles. The van der Waals surface area contributed by atoms with Gasteiger partial charge in [-0.3, -0.25) is 0 Å². The first-order valence-electron chi connectivity index (χ1n) is 4.81. The minimum atomic E-state index is -0.162. The van der Waals surface area contributed by atoms with E-state index in [9.17, 15) is 4.39 Å². The smallest absolute Gasteiger partial charge is 0.146 e. The van der Waals surface area contributed by atoms with E-state index in [4.69, 9.17) is 0 Å². The second kappa shape index (κ2) is 4.96. The number of hydrogen-bond donors (Lipinski definition) is 1. The minimum Gasteiger partial charge on any atom is -0.375 e. The number of nitrogens with zero attached hydrogens (tertiary/aromatic N) is 1. The number of benzene rings is 1. The predicted octanol–water partition coefficient (Wildman–Crippen LogP) is 2.00. The van der Waals surface area contributed by atoms with E-state index in [1.54, 1.807) is 11.0 Å². The average Bonchev–Trinajstić information content (AvgIpc) is 2.14. The van der Waals surface area contributed by atoms with E-state index in [0.29, 0.717) is 5.69 Å². The van der Waals surface area contributed by atoms with Crippen LogP contribution in [0.25, 0.3) is 0 Å². The molecule has 0 aliphatic heterocycles. The quantitative estimate of drug-likeness (QED) is 0.792. The highest BCUT2D eigenvalue weighted by Crippen LogP contribution is 2.17. The molecule has 0 fully saturated rings. The summed E-state index contributed by atoms with van der Waals surface area (Å²) in [4.78, 5) is 1.77. The molecule has 0 aliphatic rings. The number of hydrogen-bond acceptors (Lipinski definition) is 2. The molecule has 14 heavy (non-hydrogen) atoms.